The van der Waals surface area contributed by atoms with E-state index in [1.807, 2.05) is 31.2 Å². The lowest BCUT2D eigenvalue weighted by molar-refractivity contribution is 0.0957. The molecule has 0 bridgehead atoms. The molecule has 182 valence electrons. The summed E-state index contributed by atoms with van der Waals surface area (Å²) in [5.74, 6) is 0.569. The van der Waals surface area contributed by atoms with Crippen LogP contribution < -0.4 is 20.5 Å². The number of hydrogen-bond donors (Lipinski definition) is 2. The topological polar surface area (TPSA) is 82.6 Å². The number of nitrogens with zero attached hydrogens (tertiary/aromatic N) is 4. The van der Waals surface area contributed by atoms with E-state index in [2.05, 4.69) is 69.7 Å². The van der Waals surface area contributed by atoms with Gasteiger partial charge in [-0.2, -0.15) is 4.98 Å². The molecule has 0 aliphatic carbocycles. The zero-order valence-corrected chi connectivity index (χ0v) is 20.7. The average Bonchev–Trinajstić information content (AvgIpc) is 2.83. The van der Waals surface area contributed by atoms with Crippen LogP contribution in [-0.2, 0) is 0 Å². The van der Waals surface area contributed by atoms with E-state index >= 15 is 0 Å². The van der Waals surface area contributed by atoms with Crippen LogP contribution in [0.4, 0.5) is 11.6 Å². The Morgan fingerprint density at radius 3 is 2.68 bits per heavy atom. The minimum Gasteiger partial charge on any atom is -0.477 e. The average molecular weight is 465 g/mol. The number of benzene rings is 1. The Morgan fingerprint density at radius 2 is 1.97 bits per heavy atom. The number of nitrogens with one attached hydrogen (secondary N) is 2. The van der Waals surface area contributed by atoms with E-state index in [9.17, 15) is 4.79 Å². The van der Waals surface area contributed by atoms with Gasteiger partial charge in [-0.3, -0.25) is 15.6 Å². The number of likely N-dealkylation sites (N-methyl/N-ethyl adjacent to an activating group) is 1. The molecule has 2 heterocycles. The molecule has 0 spiro atoms. The van der Waals surface area contributed by atoms with Crippen LogP contribution in [0.15, 0.2) is 54.3 Å². The quantitative estimate of drug-likeness (QED) is 0.453. The first kappa shape index (κ1) is 25.1. The van der Waals surface area contributed by atoms with E-state index in [-0.39, 0.29) is 11.6 Å². The van der Waals surface area contributed by atoms with Gasteiger partial charge in [0.05, 0.1) is 12.3 Å². The van der Waals surface area contributed by atoms with Crippen LogP contribution in [0.3, 0.4) is 0 Å². The van der Waals surface area contributed by atoms with E-state index in [1.54, 1.807) is 6.07 Å². The van der Waals surface area contributed by atoms with Crippen LogP contribution in [-0.4, -0.2) is 54.1 Å². The van der Waals surface area contributed by atoms with Crippen molar-refractivity contribution in [2.75, 3.05) is 43.6 Å². The first-order valence-corrected chi connectivity index (χ1v) is 12.0. The van der Waals surface area contributed by atoms with Gasteiger partial charge in [0.25, 0.3) is 5.91 Å². The number of hydrogen-bond acceptors (Lipinski definition) is 7. The van der Waals surface area contributed by atoms with Crippen molar-refractivity contribution in [3.05, 3.63) is 65.5 Å². The summed E-state index contributed by atoms with van der Waals surface area (Å²) in [7, 11) is 2.06. The number of allylic oxidation sites excluding steroid dienone is 2. The number of ether oxygens (including phenoxy) is 1. The molecule has 8 heteroatoms. The van der Waals surface area contributed by atoms with Crippen LogP contribution in [0, 0.1) is 6.92 Å². The number of carbonyl (C=O) groups excluding carboxylic acids is 1. The van der Waals surface area contributed by atoms with Crippen LogP contribution in [0.25, 0.3) is 0 Å². The molecule has 3 rings (SSSR count). The van der Waals surface area contributed by atoms with Gasteiger partial charge in [0.15, 0.2) is 0 Å². The van der Waals surface area contributed by atoms with Gasteiger partial charge in [-0.1, -0.05) is 38.1 Å². The van der Waals surface area contributed by atoms with Crippen molar-refractivity contribution < 1.29 is 9.53 Å². The zero-order chi connectivity index (χ0) is 24.3. The number of aryl methyl sites for hydroxylation is 1. The first-order valence-electron chi connectivity index (χ1n) is 12.0. The monoisotopic (exact) mass is 464 g/mol. The molecule has 1 amide bonds. The number of carbonyl (C=O) groups is 1. The van der Waals surface area contributed by atoms with E-state index in [1.165, 1.54) is 5.70 Å². The van der Waals surface area contributed by atoms with Gasteiger partial charge in [-0.25, -0.2) is 4.98 Å². The Kier molecular flexibility index (Phi) is 9.31. The Balaban J connectivity index is 1.76. The lowest BCUT2D eigenvalue weighted by Gasteiger charge is -2.24. The molecule has 34 heavy (non-hydrogen) atoms. The molecule has 0 fully saturated rings. The number of hydrazine groups is 1. The maximum absolute atomic E-state index is 12.9. The predicted molar refractivity (Wildman–Crippen MR) is 137 cm³/mol. The molecule has 0 radical (unpaired) electrons. The van der Waals surface area contributed by atoms with Gasteiger partial charge in [-0.15, -0.1) is 0 Å². The van der Waals surface area contributed by atoms with Crippen molar-refractivity contribution in [3.8, 4) is 5.88 Å². The van der Waals surface area contributed by atoms with Crippen LogP contribution in [0.1, 0.15) is 49.2 Å². The van der Waals surface area contributed by atoms with Crippen LogP contribution in [0.5, 0.6) is 5.88 Å². The van der Waals surface area contributed by atoms with E-state index in [0.29, 0.717) is 18.4 Å². The third-order valence-corrected chi connectivity index (χ3v) is 5.43. The molecule has 1 aliphatic rings. The summed E-state index contributed by atoms with van der Waals surface area (Å²) in [5, 5.41) is 0. The molecule has 2 aromatic rings. The maximum atomic E-state index is 12.9. The van der Waals surface area contributed by atoms with E-state index < -0.39 is 0 Å². The fourth-order valence-corrected chi connectivity index (χ4v) is 3.69. The van der Waals surface area contributed by atoms with Crippen molar-refractivity contribution in [2.45, 2.75) is 40.0 Å². The van der Waals surface area contributed by atoms with E-state index in [0.717, 1.165) is 50.1 Å². The van der Waals surface area contributed by atoms with Gasteiger partial charge in [0, 0.05) is 44.9 Å². The molecule has 0 saturated carbocycles. The Morgan fingerprint density at radius 1 is 1.18 bits per heavy atom. The Bertz CT molecular complexity index is 1010. The van der Waals surface area contributed by atoms with Crippen LogP contribution in [0.2, 0.25) is 0 Å². The third-order valence-electron chi connectivity index (χ3n) is 5.43. The third kappa shape index (κ3) is 7.23. The second-order valence-corrected chi connectivity index (χ2v) is 8.39. The lowest BCUT2D eigenvalue weighted by atomic mass is 10.2. The summed E-state index contributed by atoms with van der Waals surface area (Å²) in [4.78, 5) is 26.4. The van der Waals surface area contributed by atoms with Gasteiger partial charge in [-0.05, 0) is 43.5 Å². The summed E-state index contributed by atoms with van der Waals surface area (Å²) in [6.45, 7) is 9.21. The minimum atomic E-state index is -0.345. The second kappa shape index (κ2) is 12.6. The molecule has 0 unspecified atom stereocenters. The number of anilines is 2. The minimum absolute atomic E-state index is 0.259. The fourth-order valence-electron chi connectivity index (χ4n) is 3.69. The number of amides is 1. The van der Waals surface area contributed by atoms with Crippen molar-refractivity contribution in [3.63, 3.8) is 0 Å². The smallest absolute Gasteiger partial charge is 0.288 e. The van der Waals surface area contributed by atoms with Gasteiger partial charge in [0.1, 0.15) is 5.69 Å². The predicted octanol–water partition coefficient (Wildman–Crippen LogP) is 4.32. The Hall–Kier alpha value is -3.55. The number of aromatic nitrogens is 2. The van der Waals surface area contributed by atoms with E-state index in [4.69, 9.17) is 4.74 Å². The van der Waals surface area contributed by atoms with Crippen molar-refractivity contribution in [1.29, 1.82) is 0 Å². The number of rotatable bonds is 12. The van der Waals surface area contributed by atoms with Crippen molar-refractivity contribution in [1.82, 2.24) is 20.3 Å². The standard InChI is InChI=1S/C26H36N6O2/c1-5-14-32(15-6-2)26-27-23(25(33)30-29-21-11-9-10-20(3)18-21)19-24(28-26)34-17-13-22-12-7-8-16-31(22)4/h7-12,18-19,29H,5-6,13-17H2,1-4H3,(H,30,33). The molecule has 0 atom stereocenters. The molecule has 0 saturated heterocycles. The molecule has 1 aromatic heterocycles. The highest BCUT2D eigenvalue weighted by Gasteiger charge is 2.17. The normalized spacial score (nSPS) is 12.8. The van der Waals surface area contributed by atoms with Gasteiger partial charge in [0.2, 0.25) is 11.8 Å². The lowest BCUT2D eigenvalue weighted by Crippen LogP contribution is -2.32. The van der Waals surface area contributed by atoms with Gasteiger partial charge >= 0.3 is 0 Å². The Labute approximate surface area is 202 Å². The largest absolute Gasteiger partial charge is 0.477 e. The summed E-state index contributed by atoms with van der Waals surface area (Å²) in [6.07, 6.45) is 8.95. The summed E-state index contributed by atoms with van der Waals surface area (Å²) in [6, 6.07) is 9.38. The summed E-state index contributed by atoms with van der Waals surface area (Å²) < 4.78 is 6.00. The molecule has 2 N–H and O–H groups in total. The van der Waals surface area contributed by atoms with Crippen molar-refractivity contribution >= 4 is 17.5 Å². The summed E-state index contributed by atoms with van der Waals surface area (Å²) in [5.41, 5.74) is 9.06. The van der Waals surface area contributed by atoms with Crippen LogP contribution >= 0.6 is 0 Å². The highest BCUT2D eigenvalue weighted by molar-refractivity contribution is 5.93. The van der Waals surface area contributed by atoms with Crippen molar-refractivity contribution in [2.24, 2.45) is 0 Å². The van der Waals surface area contributed by atoms with Gasteiger partial charge < -0.3 is 14.5 Å². The molecule has 8 nitrogen and oxygen atoms in total. The summed E-state index contributed by atoms with van der Waals surface area (Å²) >= 11 is 0. The molecular formula is C26H36N6O2. The maximum Gasteiger partial charge on any atom is 0.288 e. The molecule has 1 aromatic carbocycles. The zero-order valence-electron chi connectivity index (χ0n) is 20.7. The molecular weight excluding hydrogens is 428 g/mol. The second-order valence-electron chi connectivity index (χ2n) is 8.39. The highest BCUT2D eigenvalue weighted by atomic mass is 16.5. The highest BCUT2D eigenvalue weighted by Crippen LogP contribution is 2.19. The fraction of sp³-hybridized carbons (Fsp3) is 0.423. The first-order chi connectivity index (χ1) is 16.5. The molecule has 1 aliphatic heterocycles. The SMILES string of the molecule is CCCN(CCC)c1nc(OCCC2=CC=CCN2C)cc(C(=O)NNc2cccc(C)c2)n1.